The Kier molecular flexibility index (Phi) is 3.38. The quantitative estimate of drug-likeness (QED) is 0.911. The average Bonchev–Trinajstić information content (AvgIpc) is 2.82. The molecule has 0 spiro atoms. The molecule has 0 saturated heterocycles. The van der Waals surface area contributed by atoms with E-state index in [1.165, 1.54) is 16.6 Å². The second-order valence-corrected chi connectivity index (χ2v) is 5.77. The van der Waals surface area contributed by atoms with Crippen LogP contribution in [0.1, 0.15) is 25.1 Å². The summed E-state index contributed by atoms with van der Waals surface area (Å²) in [6.45, 7) is 5.92. The highest BCUT2D eigenvalue weighted by Gasteiger charge is 2.24. The van der Waals surface area contributed by atoms with Crippen LogP contribution in [-0.4, -0.2) is 29.1 Å². The Bertz CT molecular complexity index is 630. The summed E-state index contributed by atoms with van der Waals surface area (Å²) in [4.78, 5) is 17.3. The van der Waals surface area contributed by atoms with Gasteiger partial charge in [-0.1, -0.05) is 32.0 Å². The van der Waals surface area contributed by atoms with Crippen LogP contribution in [0, 0.1) is 5.92 Å². The molecule has 0 fully saturated rings. The van der Waals surface area contributed by atoms with Gasteiger partial charge in [0.15, 0.2) is 0 Å². The van der Waals surface area contributed by atoms with Crippen LogP contribution in [0.15, 0.2) is 24.3 Å². The summed E-state index contributed by atoms with van der Waals surface area (Å²) < 4.78 is 5.32. The number of ether oxygens (including phenoxy) is 1. The van der Waals surface area contributed by atoms with Crippen molar-refractivity contribution in [3.63, 3.8) is 0 Å². The number of benzene rings is 1. The fraction of sp³-hybridized carbons (Fsp3) is 0.438. The van der Waals surface area contributed by atoms with Crippen molar-refractivity contribution in [2.45, 2.75) is 26.8 Å². The Morgan fingerprint density at radius 2 is 2.20 bits per heavy atom. The number of para-hydroxylation sites is 1. The molecular formula is C16H20N2O2. The maximum atomic E-state index is 12.1. The lowest BCUT2D eigenvalue weighted by Crippen LogP contribution is -2.36. The monoisotopic (exact) mass is 272 g/mol. The van der Waals surface area contributed by atoms with E-state index in [1.54, 1.807) is 4.90 Å². The van der Waals surface area contributed by atoms with E-state index in [4.69, 9.17) is 4.74 Å². The van der Waals surface area contributed by atoms with Crippen molar-refractivity contribution in [2.75, 3.05) is 13.2 Å². The number of amides is 1. The summed E-state index contributed by atoms with van der Waals surface area (Å²) in [6, 6.07) is 8.24. The van der Waals surface area contributed by atoms with E-state index in [0.717, 1.165) is 18.5 Å². The van der Waals surface area contributed by atoms with Crippen LogP contribution in [0.3, 0.4) is 0 Å². The molecule has 0 bridgehead atoms. The smallest absolute Gasteiger partial charge is 0.410 e. The number of aromatic nitrogens is 1. The van der Waals surface area contributed by atoms with Gasteiger partial charge in [0.1, 0.15) is 0 Å². The maximum Gasteiger partial charge on any atom is 0.410 e. The number of hydrogen-bond acceptors (Lipinski definition) is 2. The van der Waals surface area contributed by atoms with E-state index < -0.39 is 0 Å². The molecule has 1 N–H and O–H groups in total. The van der Waals surface area contributed by atoms with Gasteiger partial charge in [-0.25, -0.2) is 4.79 Å². The molecule has 1 aromatic heterocycles. The van der Waals surface area contributed by atoms with Gasteiger partial charge in [-0.15, -0.1) is 0 Å². The van der Waals surface area contributed by atoms with Crippen LogP contribution in [0.4, 0.5) is 4.79 Å². The zero-order valence-corrected chi connectivity index (χ0v) is 12.0. The van der Waals surface area contributed by atoms with Crippen molar-refractivity contribution >= 4 is 17.0 Å². The largest absolute Gasteiger partial charge is 0.449 e. The molecule has 4 nitrogen and oxygen atoms in total. The molecule has 1 aliphatic heterocycles. The topological polar surface area (TPSA) is 45.3 Å². The molecule has 1 amide bonds. The van der Waals surface area contributed by atoms with E-state index in [0.29, 0.717) is 19.1 Å². The fourth-order valence-electron chi connectivity index (χ4n) is 2.65. The molecule has 0 atom stereocenters. The first-order chi connectivity index (χ1) is 9.65. The van der Waals surface area contributed by atoms with Crippen LogP contribution in [0.2, 0.25) is 0 Å². The molecule has 0 unspecified atom stereocenters. The molecule has 4 heteroatoms. The number of H-pyrrole nitrogens is 1. The Hall–Kier alpha value is -1.97. The van der Waals surface area contributed by atoms with Gasteiger partial charge >= 0.3 is 6.09 Å². The number of carbonyl (C=O) groups excluding carboxylic acids is 1. The summed E-state index contributed by atoms with van der Waals surface area (Å²) in [5.74, 6) is 0.368. The van der Waals surface area contributed by atoms with E-state index in [2.05, 4.69) is 17.1 Å². The third kappa shape index (κ3) is 2.38. The summed E-state index contributed by atoms with van der Waals surface area (Å²) >= 11 is 0. The third-order valence-corrected chi connectivity index (χ3v) is 3.68. The highest BCUT2D eigenvalue weighted by atomic mass is 16.6. The minimum atomic E-state index is -0.199. The van der Waals surface area contributed by atoms with E-state index in [-0.39, 0.29) is 6.09 Å². The van der Waals surface area contributed by atoms with Crippen LogP contribution >= 0.6 is 0 Å². The van der Waals surface area contributed by atoms with Gasteiger partial charge in [-0.2, -0.15) is 0 Å². The molecule has 0 radical (unpaired) electrons. The first kappa shape index (κ1) is 13.0. The predicted octanol–water partition coefficient (Wildman–Crippen LogP) is 3.32. The highest BCUT2D eigenvalue weighted by molar-refractivity contribution is 5.85. The summed E-state index contributed by atoms with van der Waals surface area (Å²) in [7, 11) is 0. The molecule has 2 heterocycles. The van der Waals surface area contributed by atoms with Crippen molar-refractivity contribution in [1.29, 1.82) is 0 Å². The Balaban J connectivity index is 1.79. The number of aromatic amines is 1. The van der Waals surface area contributed by atoms with Gasteiger partial charge in [0.2, 0.25) is 0 Å². The zero-order valence-electron chi connectivity index (χ0n) is 12.0. The van der Waals surface area contributed by atoms with Crippen molar-refractivity contribution in [1.82, 2.24) is 9.88 Å². The standard InChI is InChI=1S/C16H20N2O2/c1-11(2)10-20-16(19)18-8-7-15-13(9-18)12-5-3-4-6-14(12)17-15/h3-6,11,17H,7-10H2,1-2H3. The van der Waals surface area contributed by atoms with Gasteiger partial charge < -0.3 is 14.6 Å². The molecule has 3 rings (SSSR count). The summed E-state index contributed by atoms with van der Waals surface area (Å²) in [5, 5.41) is 1.21. The van der Waals surface area contributed by atoms with Gasteiger partial charge in [0.25, 0.3) is 0 Å². The SMILES string of the molecule is CC(C)COC(=O)N1CCc2[nH]c3ccccc3c2C1. The molecule has 20 heavy (non-hydrogen) atoms. The molecule has 0 saturated carbocycles. The van der Waals surface area contributed by atoms with Crippen molar-refractivity contribution in [2.24, 2.45) is 5.92 Å². The lowest BCUT2D eigenvalue weighted by Gasteiger charge is -2.26. The molecule has 2 aromatic rings. The average molecular weight is 272 g/mol. The summed E-state index contributed by atoms with van der Waals surface area (Å²) in [5.41, 5.74) is 3.63. The lowest BCUT2D eigenvalue weighted by molar-refractivity contribution is 0.0880. The van der Waals surface area contributed by atoms with E-state index >= 15 is 0 Å². The van der Waals surface area contributed by atoms with Crippen molar-refractivity contribution in [3.8, 4) is 0 Å². The normalized spacial score (nSPS) is 14.7. The number of hydrogen-bond donors (Lipinski definition) is 1. The Morgan fingerprint density at radius 1 is 1.40 bits per heavy atom. The Morgan fingerprint density at radius 3 is 3.00 bits per heavy atom. The van der Waals surface area contributed by atoms with Crippen LogP contribution in [-0.2, 0) is 17.7 Å². The third-order valence-electron chi connectivity index (χ3n) is 3.68. The minimum absolute atomic E-state index is 0.199. The first-order valence-corrected chi connectivity index (χ1v) is 7.15. The second kappa shape index (κ2) is 5.19. The first-order valence-electron chi connectivity index (χ1n) is 7.15. The van der Waals surface area contributed by atoms with Gasteiger partial charge in [-0.05, 0) is 12.0 Å². The van der Waals surface area contributed by atoms with Gasteiger partial charge in [0, 0.05) is 35.1 Å². The number of nitrogens with zero attached hydrogens (tertiary/aromatic N) is 1. The van der Waals surface area contributed by atoms with Gasteiger partial charge in [-0.3, -0.25) is 0 Å². The zero-order chi connectivity index (χ0) is 14.1. The summed E-state index contributed by atoms with van der Waals surface area (Å²) in [6.07, 6.45) is 0.662. The van der Waals surface area contributed by atoms with Crippen molar-refractivity contribution in [3.05, 3.63) is 35.5 Å². The van der Waals surface area contributed by atoms with E-state index in [1.807, 2.05) is 26.0 Å². The number of rotatable bonds is 2. The fourth-order valence-corrected chi connectivity index (χ4v) is 2.65. The number of carbonyl (C=O) groups is 1. The number of fused-ring (bicyclic) bond motifs is 3. The molecule has 1 aromatic carbocycles. The van der Waals surface area contributed by atoms with Crippen LogP contribution in [0.5, 0.6) is 0 Å². The number of nitrogens with one attached hydrogen (secondary N) is 1. The van der Waals surface area contributed by atoms with Crippen molar-refractivity contribution < 1.29 is 9.53 Å². The molecule has 106 valence electrons. The predicted molar refractivity (Wildman–Crippen MR) is 78.6 cm³/mol. The van der Waals surface area contributed by atoms with Crippen LogP contribution in [0.25, 0.3) is 10.9 Å². The maximum absolute atomic E-state index is 12.1. The molecular weight excluding hydrogens is 252 g/mol. The lowest BCUT2D eigenvalue weighted by atomic mass is 10.1. The van der Waals surface area contributed by atoms with Gasteiger partial charge in [0.05, 0.1) is 13.2 Å². The van der Waals surface area contributed by atoms with E-state index in [9.17, 15) is 4.79 Å². The minimum Gasteiger partial charge on any atom is -0.449 e. The molecule has 1 aliphatic rings. The second-order valence-electron chi connectivity index (χ2n) is 5.77. The highest BCUT2D eigenvalue weighted by Crippen LogP contribution is 2.27. The van der Waals surface area contributed by atoms with Crippen LogP contribution < -0.4 is 0 Å². The Labute approximate surface area is 118 Å². The molecule has 0 aliphatic carbocycles.